The van der Waals surface area contributed by atoms with Gasteiger partial charge in [0.2, 0.25) is 0 Å². The van der Waals surface area contributed by atoms with Crippen molar-refractivity contribution in [2.75, 3.05) is 13.2 Å². The zero-order chi connectivity index (χ0) is 19.6. The van der Waals surface area contributed by atoms with Gasteiger partial charge in [-0.2, -0.15) is 0 Å². The Hall–Kier alpha value is -0.860. The molecular formula is C26H42O2. The fourth-order valence-corrected chi connectivity index (χ4v) is 4.97. The van der Waals surface area contributed by atoms with Crippen LogP contribution in [0.15, 0.2) is 24.3 Å². The first kappa shape index (κ1) is 21.8. The first-order valence-corrected chi connectivity index (χ1v) is 12.1. The molecule has 2 fully saturated rings. The monoisotopic (exact) mass is 386 g/mol. The Bertz CT molecular complexity index is 473. The normalized spacial score (nSPS) is 28.4. The van der Waals surface area contributed by atoms with Gasteiger partial charge >= 0.3 is 0 Å². The smallest absolute Gasteiger partial charge is 0.106 e. The maximum absolute atomic E-state index is 6.13. The summed E-state index contributed by atoms with van der Waals surface area (Å²) in [7, 11) is 0. The van der Waals surface area contributed by atoms with Crippen LogP contribution in [-0.4, -0.2) is 19.3 Å². The van der Waals surface area contributed by atoms with Crippen molar-refractivity contribution in [2.45, 2.75) is 109 Å². The molecule has 1 saturated heterocycles. The van der Waals surface area contributed by atoms with E-state index in [2.05, 4.69) is 38.1 Å². The molecule has 1 aliphatic heterocycles. The van der Waals surface area contributed by atoms with Crippen molar-refractivity contribution in [3.8, 4) is 0 Å². The van der Waals surface area contributed by atoms with E-state index in [9.17, 15) is 0 Å². The summed E-state index contributed by atoms with van der Waals surface area (Å²) in [4.78, 5) is 0. The Balaban J connectivity index is 1.41. The van der Waals surface area contributed by atoms with Crippen molar-refractivity contribution in [3.05, 3.63) is 35.4 Å². The molecule has 1 saturated carbocycles. The molecule has 28 heavy (non-hydrogen) atoms. The molecule has 0 amide bonds. The molecule has 1 aromatic carbocycles. The number of unbranched alkanes of at least 4 members (excludes halogenated alkanes) is 4. The van der Waals surface area contributed by atoms with Crippen LogP contribution >= 0.6 is 0 Å². The van der Waals surface area contributed by atoms with Gasteiger partial charge in [-0.25, -0.2) is 0 Å². The third-order valence-electron chi connectivity index (χ3n) is 6.94. The van der Waals surface area contributed by atoms with Crippen LogP contribution in [0.1, 0.15) is 114 Å². The number of hydrogen-bond acceptors (Lipinski definition) is 2. The summed E-state index contributed by atoms with van der Waals surface area (Å²) in [5.74, 6) is 1.75. The maximum Gasteiger partial charge on any atom is 0.106 e. The minimum absolute atomic E-state index is 0.116. The average molecular weight is 387 g/mol. The van der Waals surface area contributed by atoms with Gasteiger partial charge in [0.1, 0.15) is 6.10 Å². The summed E-state index contributed by atoms with van der Waals surface area (Å²) in [6.07, 6.45) is 16.6. The van der Waals surface area contributed by atoms with Crippen molar-refractivity contribution < 1.29 is 9.47 Å². The molecule has 2 heteroatoms. The van der Waals surface area contributed by atoms with Crippen LogP contribution in [0.4, 0.5) is 0 Å². The van der Waals surface area contributed by atoms with Gasteiger partial charge < -0.3 is 9.47 Å². The van der Waals surface area contributed by atoms with Crippen molar-refractivity contribution in [3.63, 3.8) is 0 Å². The highest BCUT2D eigenvalue weighted by atomic mass is 16.6. The first-order valence-electron chi connectivity index (χ1n) is 12.1. The van der Waals surface area contributed by atoms with Crippen LogP contribution in [0, 0.1) is 5.92 Å². The van der Waals surface area contributed by atoms with E-state index in [-0.39, 0.29) is 6.10 Å². The second kappa shape index (κ2) is 12.0. The van der Waals surface area contributed by atoms with Crippen LogP contribution in [0.2, 0.25) is 0 Å². The fraction of sp³-hybridized carbons (Fsp3) is 0.769. The minimum atomic E-state index is 0.116. The van der Waals surface area contributed by atoms with Crippen molar-refractivity contribution in [1.29, 1.82) is 0 Å². The van der Waals surface area contributed by atoms with Gasteiger partial charge in [0, 0.05) is 0 Å². The summed E-state index contributed by atoms with van der Waals surface area (Å²) in [5.41, 5.74) is 2.81. The van der Waals surface area contributed by atoms with Crippen LogP contribution in [0.5, 0.6) is 0 Å². The highest BCUT2D eigenvalue weighted by Gasteiger charge is 2.25. The van der Waals surface area contributed by atoms with Crippen molar-refractivity contribution in [1.82, 2.24) is 0 Å². The van der Waals surface area contributed by atoms with Crippen LogP contribution in [-0.2, 0) is 9.47 Å². The van der Waals surface area contributed by atoms with E-state index in [1.165, 1.54) is 81.8 Å². The molecule has 1 aromatic rings. The zero-order valence-corrected chi connectivity index (χ0v) is 18.3. The maximum atomic E-state index is 6.13. The van der Waals surface area contributed by atoms with Crippen molar-refractivity contribution in [2.24, 2.45) is 5.92 Å². The Morgan fingerprint density at radius 2 is 1.36 bits per heavy atom. The molecule has 1 heterocycles. The van der Waals surface area contributed by atoms with Crippen LogP contribution < -0.4 is 0 Å². The summed E-state index contributed by atoms with van der Waals surface area (Å²) in [5, 5.41) is 0. The van der Waals surface area contributed by atoms with E-state index in [0.717, 1.165) is 24.9 Å². The molecule has 0 bridgehead atoms. The third-order valence-corrected chi connectivity index (χ3v) is 6.94. The quantitative estimate of drug-likeness (QED) is 0.386. The average Bonchev–Trinajstić information content (AvgIpc) is 2.75. The molecular weight excluding hydrogens is 344 g/mol. The molecule has 0 unspecified atom stereocenters. The van der Waals surface area contributed by atoms with Gasteiger partial charge in [0.05, 0.1) is 19.3 Å². The standard InChI is InChI=1S/C26H42O2/c1-3-5-7-9-21-11-13-22(14-12-21)23-15-17-24(18-16-23)26-20-27-25(19-28-26)10-8-6-4-2/h15-18,21-22,25-26H,3-14,19-20H2,1-2H3/t21?,22?,25-,26-/m0/s1. The van der Waals surface area contributed by atoms with E-state index >= 15 is 0 Å². The van der Waals surface area contributed by atoms with Crippen LogP contribution in [0.25, 0.3) is 0 Å². The largest absolute Gasteiger partial charge is 0.373 e. The van der Waals surface area contributed by atoms with Gasteiger partial charge in [-0.15, -0.1) is 0 Å². The lowest BCUT2D eigenvalue weighted by Gasteiger charge is -2.31. The summed E-state index contributed by atoms with van der Waals surface area (Å²) in [6.45, 7) is 6.01. The highest BCUT2D eigenvalue weighted by molar-refractivity contribution is 5.27. The number of hydrogen-bond donors (Lipinski definition) is 0. The first-order chi connectivity index (χ1) is 13.8. The molecule has 0 radical (unpaired) electrons. The zero-order valence-electron chi connectivity index (χ0n) is 18.3. The van der Waals surface area contributed by atoms with E-state index in [1.54, 1.807) is 0 Å². The van der Waals surface area contributed by atoms with Gasteiger partial charge in [-0.3, -0.25) is 0 Å². The molecule has 2 atom stereocenters. The molecule has 3 rings (SSSR count). The number of benzene rings is 1. The molecule has 0 N–H and O–H groups in total. The molecule has 0 aromatic heterocycles. The fourth-order valence-electron chi connectivity index (χ4n) is 4.97. The van der Waals surface area contributed by atoms with E-state index < -0.39 is 0 Å². The SMILES string of the molecule is CCCCCC1CCC(c2ccc([C@@H]3CO[C@@H](CCCCC)CO3)cc2)CC1. The second-order valence-corrected chi connectivity index (χ2v) is 9.15. The number of ether oxygens (including phenoxy) is 2. The van der Waals surface area contributed by atoms with Gasteiger partial charge in [-0.1, -0.05) is 83.1 Å². The van der Waals surface area contributed by atoms with E-state index in [1.807, 2.05) is 0 Å². The molecule has 158 valence electrons. The molecule has 2 nitrogen and oxygen atoms in total. The minimum Gasteiger partial charge on any atom is -0.373 e. The molecule has 2 aliphatic rings. The Morgan fingerprint density at radius 3 is 1.96 bits per heavy atom. The van der Waals surface area contributed by atoms with Gasteiger partial charge in [0.15, 0.2) is 0 Å². The Morgan fingerprint density at radius 1 is 0.714 bits per heavy atom. The molecule has 0 spiro atoms. The topological polar surface area (TPSA) is 18.5 Å². The second-order valence-electron chi connectivity index (χ2n) is 9.15. The lowest BCUT2D eigenvalue weighted by molar-refractivity contribution is -0.137. The summed E-state index contributed by atoms with van der Waals surface area (Å²) < 4.78 is 12.2. The predicted molar refractivity (Wildman–Crippen MR) is 118 cm³/mol. The van der Waals surface area contributed by atoms with E-state index in [0.29, 0.717) is 12.7 Å². The summed E-state index contributed by atoms with van der Waals surface area (Å²) in [6, 6.07) is 9.28. The van der Waals surface area contributed by atoms with Gasteiger partial charge in [-0.05, 0) is 55.1 Å². The summed E-state index contributed by atoms with van der Waals surface area (Å²) >= 11 is 0. The van der Waals surface area contributed by atoms with E-state index in [4.69, 9.17) is 9.47 Å². The molecule has 1 aliphatic carbocycles. The van der Waals surface area contributed by atoms with Crippen molar-refractivity contribution >= 4 is 0 Å². The lowest BCUT2D eigenvalue weighted by atomic mass is 9.77. The predicted octanol–water partition coefficient (Wildman–Crippen LogP) is 7.58. The Kier molecular flexibility index (Phi) is 9.34. The van der Waals surface area contributed by atoms with Gasteiger partial charge in [0.25, 0.3) is 0 Å². The lowest BCUT2D eigenvalue weighted by Crippen LogP contribution is -2.31. The number of rotatable bonds is 10. The third kappa shape index (κ3) is 6.59. The van der Waals surface area contributed by atoms with Crippen LogP contribution in [0.3, 0.4) is 0 Å². The highest BCUT2D eigenvalue weighted by Crippen LogP contribution is 2.38. The Labute approximate surface area is 173 Å².